The van der Waals surface area contributed by atoms with Gasteiger partial charge in [0.25, 0.3) is 0 Å². The van der Waals surface area contributed by atoms with E-state index in [4.69, 9.17) is 21.1 Å². The molecular weight excluding hydrogens is 394 g/mol. The lowest BCUT2D eigenvalue weighted by Crippen LogP contribution is -2.38. The van der Waals surface area contributed by atoms with Gasteiger partial charge in [0.15, 0.2) is 11.5 Å². The molecule has 1 aliphatic carbocycles. The van der Waals surface area contributed by atoms with Crippen molar-refractivity contribution in [2.75, 3.05) is 6.61 Å². The summed E-state index contributed by atoms with van der Waals surface area (Å²) in [5, 5.41) is 6.76. The number of benzene rings is 2. The molecule has 8 heteroatoms. The maximum atomic E-state index is 11.7. The van der Waals surface area contributed by atoms with Gasteiger partial charge >= 0.3 is 11.8 Å². The van der Waals surface area contributed by atoms with E-state index in [1.807, 2.05) is 37.3 Å². The number of amides is 2. The van der Waals surface area contributed by atoms with Crippen LogP contribution in [0.15, 0.2) is 47.6 Å². The lowest BCUT2D eigenvalue weighted by molar-refractivity contribution is -0.139. The van der Waals surface area contributed by atoms with Gasteiger partial charge in [0.05, 0.1) is 17.8 Å². The Hall–Kier alpha value is -3.06. The molecule has 1 saturated carbocycles. The van der Waals surface area contributed by atoms with Crippen LogP contribution in [0.25, 0.3) is 0 Å². The molecule has 0 unspecified atom stereocenters. The predicted molar refractivity (Wildman–Crippen MR) is 110 cm³/mol. The molecule has 0 saturated heterocycles. The van der Waals surface area contributed by atoms with Gasteiger partial charge < -0.3 is 14.8 Å². The minimum atomic E-state index is -0.813. The second-order valence-corrected chi connectivity index (χ2v) is 6.89. The Bertz CT molecular complexity index is 898. The third kappa shape index (κ3) is 6.22. The first-order valence-corrected chi connectivity index (χ1v) is 9.71. The van der Waals surface area contributed by atoms with Crippen molar-refractivity contribution >= 4 is 29.6 Å². The van der Waals surface area contributed by atoms with Gasteiger partial charge in [-0.15, -0.1) is 0 Å². The van der Waals surface area contributed by atoms with E-state index < -0.39 is 11.8 Å². The first kappa shape index (κ1) is 20.7. The lowest BCUT2D eigenvalue weighted by atomic mass is 10.2. The van der Waals surface area contributed by atoms with Crippen molar-refractivity contribution in [2.45, 2.75) is 32.4 Å². The molecule has 0 spiro atoms. The minimum absolute atomic E-state index is 0.105. The van der Waals surface area contributed by atoms with Gasteiger partial charge in [-0.05, 0) is 43.0 Å². The molecule has 29 heavy (non-hydrogen) atoms. The number of rotatable bonds is 8. The smallest absolute Gasteiger partial charge is 0.329 e. The summed E-state index contributed by atoms with van der Waals surface area (Å²) in [6.07, 6.45) is 3.19. The van der Waals surface area contributed by atoms with Crippen LogP contribution in [0.5, 0.6) is 11.5 Å². The fourth-order valence-corrected chi connectivity index (χ4v) is 2.76. The number of hydrogen-bond acceptors (Lipinski definition) is 5. The highest BCUT2D eigenvalue weighted by molar-refractivity contribution is 6.35. The molecule has 0 bridgehead atoms. The number of hydrazone groups is 1. The van der Waals surface area contributed by atoms with Crippen LogP contribution in [0.3, 0.4) is 0 Å². The van der Waals surface area contributed by atoms with Crippen LogP contribution in [0.4, 0.5) is 0 Å². The molecule has 0 atom stereocenters. The molecule has 152 valence electrons. The summed E-state index contributed by atoms with van der Waals surface area (Å²) in [4.78, 5) is 23.3. The van der Waals surface area contributed by atoms with Crippen LogP contribution in [0.1, 0.15) is 30.9 Å². The zero-order chi connectivity index (χ0) is 20.6. The largest absolute Gasteiger partial charge is 0.490 e. The van der Waals surface area contributed by atoms with E-state index in [9.17, 15) is 9.59 Å². The third-order valence-corrected chi connectivity index (χ3v) is 4.34. The van der Waals surface area contributed by atoms with Crippen LogP contribution >= 0.6 is 11.6 Å². The molecule has 2 N–H and O–H groups in total. The van der Waals surface area contributed by atoms with Crippen LogP contribution in [-0.4, -0.2) is 30.7 Å². The average molecular weight is 416 g/mol. The van der Waals surface area contributed by atoms with Gasteiger partial charge in [0.1, 0.15) is 6.61 Å². The molecule has 1 aliphatic rings. The number of nitrogens with one attached hydrogen (secondary N) is 2. The van der Waals surface area contributed by atoms with E-state index in [-0.39, 0.29) is 6.04 Å². The summed E-state index contributed by atoms with van der Waals surface area (Å²) in [6, 6.07) is 13.2. The van der Waals surface area contributed by atoms with E-state index in [1.165, 1.54) is 6.21 Å². The topological polar surface area (TPSA) is 89.0 Å². The Balaban J connectivity index is 1.66. The average Bonchev–Trinajstić information content (AvgIpc) is 3.52. The number of nitrogens with zero attached hydrogens (tertiary/aromatic N) is 1. The fourth-order valence-electron chi connectivity index (χ4n) is 2.49. The van der Waals surface area contributed by atoms with Crippen molar-refractivity contribution in [3.8, 4) is 11.5 Å². The van der Waals surface area contributed by atoms with Crippen molar-refractivity contribution in [3.05, 3.63) is 58.6 Å². The van der Waals surface area contributed by atoms with E-state index in [1.54, 1.807) is 12.1 Å². The summed E-state index contributed by atoms with van der Waals surface area (Å²) < 4.78 is 11.5. The Morgan fingerprint density at radius 1 is 1.17 bits per heavy atom. The van der Waals surface area contributed by atoms with E-state index in [2.05, 4.69) is 15.8 Å². The molecule has 1 fully saturated rings. The Morgan fingerprint density at radius 2 is 1.93 bits per heavy atom. The van der Waals surface area contributed by atoms with Gasteiger partial charge in [0, 0.05) is 6.04 Å². The molecule has 2 aromatic carbocycles. The molecule has 0 radical (unpaired) electrons. The van der Waals surface area contributed by atoms with Crippen molar-refractivity contribution in [3.63, 3.8) is 0 Å². The molecular formula is C21H22ClN3O4. The molecule has 0 aromatic heterocycles. The minimum Gasteiger partial charge on any atom is -0.490 e. The third-order valence-electron chi connectivity index (χ3n) is 4.06. The SMILES string of the molecule is CCOc1cc(/C=N\NC(=O)C(=O)NC2CC2)cc(Cl)c1OCc1ccccc1. The number of halogens is 1. The Labute approximate surface area is 174 Å². The van der Waals surface area contributed by atoms with Crippen LogP contribution in [-0.2, 0) is 16.2 Å². The zero-order valence-corrected chi connectivity index (χ0v) is 16.7. The zero-order valence-electron chi connectivity index (χ0n) is 16.0. The highest BCUT2D eigenvalue weighted by Crippen LogP contribution is 2.36. The maximum absolute atomic E-state index is 11.7. The van der Waals surface area contributed by atoms with E-state index in [0.717, 1.165) is 18.4 Å². The Morgan fingerprint density at radius 3 is 2.62 bits per heavy atom. The summed E-state index contributed by atoms with van der Waals surface area (Å²) in [5.74, 6) is -0.605. The van der Waals surface area contributed by atoms with Gasteiger partial charge in [-0.3, -0.25) is 9.59 Å². The molecule has 3 rings (SSSR count). The van der Waals surface area contributed by atoms with E-state index in [0.29, 0.717) is 35.3 Å². The van der Waals surface area contributed by atoms with Crippen molar-refractivity contribution < 1.29 is 19.1 Å². The quantitative estimate of drug-likeness (QED) is 0.394. The number of carbonyl (C=O) groups is 2. The monoisotopic (exact) mass is 415 g/mol. The number of hydrogen-bond donors (Lipinski definition) is 2. The number of ether oxygens (including phenoxy) is 2. The molecule has 2 amide bonds. The normalized spacial score (nSPS) is 13.2. The summed E-state index contributed by atoms with van der Waals surface area (Å²) in [6.45, 7) is 2.63. The van der Waals surface area contributed by atoms with Gasteiger partial charge in [-0.2, -0.15) is 5.10 Å². The number of carbonyl (C=O) groups excluding carboxylic acids is 2. The van der Waals surface area contributed by atoms with E-state index >= 15 is 0 Å². The van der Waals surface area contributed by atoms with Crippen LogP contribution in [0, 0.1) is 0 Å². The molecule has 7 nitrogen and oxygen atoms in total. The summed E-state index contributed by atoms with van der Waals surface area (Å²) in [7, 11) is 0. The second kappa shape index (κ2) is 9.93. The van der Waals surface area contributed by atoms with Crippen molar-refractivity contribution in [1.29, 1.82) is 0 Å². The summed E-state index contributed by atoms with van der Waals surface area (Å²) in [5.41, 5.74) is 3.79. The van der Waals surface area contributed by atoms with Gasteiger partial charge in [-0.1, -0.05) is 41.9 Å². The first-order chi connectivity index (χ1) is 14.1. The Kier molecular flexibility index (Phi) is 7.08. The molecule has 0 heterocycles. The van der Waals surface area contributed by atoms with Crippen LogP contribution in [0.2, 0.25) is 5.02 Å². The van der Waals surface area contributed by atoms with Gasteiger partial charge in [0.2, 0.25) is 0 Å². The molecule has 0 aliphatic heterocycles. The predicted octanol–water partition coefficient (Wildman–Crippen LogP) is 3.05. The molecule has 2 aromatic rings. The maximum Gasteiger partial charge on any atom is 0.329 e. The first-order valence-electron chi connectivity index (χ1n) is 9.33. The summed E-state index contributed by atoms with van der Waals surface area (Å²) >= 11 is 6.37. The highest BCUT2D eigenvalue weighted by Gasteiger charge is 2.26. The lowest BCUT2D eigenvalue weighted by Gasteiger charge is -2.14. The van der Waals surface area contributed by atoms with Crippen molar-refractivity contribution in [2.24, 2.45) is 5.10 Å². The van der Waals surface area contributed by atoms with Crippen LogP contribution < -0.4 is 20.2 Å². The fraction of sp³-hybridized carbons (Fsp3) is 0.286. The van der Waals surface area contributed by atoms with Gasteiger partial charge in [-0.25, -0.2) is 5.43 Å². The van der Waals surface area contributed by atoms with Crippen molar-refractivity contribution in [1.82, 2.24) is 10.7 Å². The standard InChI is InChI=1S/C21H22ClN3O4/c1-2-28-18-11-15(12-23-25-21(27)20(26)24-16-8-9-16)10-17(22)19(18)29-13-14-6-4-3-5-7-14/h3-7,10-12,16H,2,8-9,13H2,1H3,(H,24,26)(H,25,27)/b23-12-. The highest BCUT2D eigenvalue weighted by atomic mass is 35.5. The second-order valence-electron chi connectivity index (χ2n) is 6.48.